The van der Waals surface area contributed by atoms with E-state index in [0.29, 0.717) is 24.4 Å². The van der Waals surface area contributed by atoms with Crippen LogP contribution in [0.1, 0.15) is 44.6 Å². The molecule has 1 heterocycles. The Morgan fingerprint density at radius 1 is 1.23 bits per heavy atom. The Labute approximate surface area is 154 Å². The van der Waals surface area contributed by atoms with Gasteiger partial charge in [0.25, 0.3) is 0 Å². The summed E-state index contributed by atoms with van der Waals surface area (Å²) in [5.41, 5.74) is 3.80. The van der Waals surface area contributed by atoms with Crippen LogP contribution in [0.5, 0.6) is 5.75 Å². The maximum absolute atomic E-state index is 12.6. The van der Waals surface area contributed by atoms with E-state index in [4.69, 9.17) is 4.74 Å². The summed E-state index contributed by atoms with van der Waals surface area (Å²) in [6.07, 6.45) is 1.71. The van der Waals surface area contributed by atoms with Gasteiger partial charge < -0.3 is 14.6 Å². The van der Waals surface area contributed by atoms with Gasteiger partial charge >= 0.3 is 0 Å². The summed E-state index contributed by atoms with van der Waals surface area (Å²) in [6.45, 7) is 10.4. The van der Waals surface area contributed by atoms with Crippen molar-refractivity contribution in [3.8, 4) is 5.75 Å². The molecule has 0 saturated heterocycles. The molecule has 2 aromatic rings. The minimum absolute atomic E-state index is 0.0153. The number of aromatic nitrogens is 1. The van der Waals surface area contributed by atoms with Gasteiger partial charge in [0.15, 0.2) is 5.78 Å². The van der Waals surface area contributed by atoms with E-state index in [2.05, 4.69) is 11.6 Å². The van der Waals surface area contributed by atoms with Crippen molar-refractivity contribution in [3.63, 3.8) is 0 Å². The molecular formula is C21H27N2O3+. The van der Waals surface area contributed by atoms with Crippen LogP contribution in [-0.2, 0) is 6.54 Å². The first kappa shape index (κ1) is 19.7. The number of carbonyl (C=O) groups excluding carboxylic acids is 2. The zero-order chi connectivity index (χ0) is 19.3. The van der Waals surface area contributed by atoms with E-state index in [1.54, 1.807) is 6.08 Å². The van der Waals surface area contributed by atoms with Crippen molar-refractivity contribution in [2.75, 3.05) is 20.2 Å². The molecule has 0 amide bonds. The van der Waals surface area contributed by atoms with Gasteiger partial charge in [-0.05, 0) is 50.6 Å². The van der Waals surface area contributed by atoms with E-state index in [-0.39, 0.29) is 11.6 Å². The van der Waals surface area contributed by atoms with Crippen molar-refractivity contribution in [3.05, 3.63) is 65.0 Å². The van der Waals surface area contributed by atoms with Crippen molar-refractivity contribution >= 4 is 11.6 Å². The highest BCUT2D eigenvalue weighted by atomic mass is 16.5. The molecule has 2 N–H and O–H groups in total. The Hall–Kier alpha value is -2.66. The first-order valence-electron chi connectivity index (χ1n) is 8.70. The third-order valence-corrected chi connectivity index (χ3v) is 4.33. The standard InChI is InChI=1S/C21H26N2O3/c1-6-11-26-18-9-7-17(8-10-18)12-23(5)13-19(25)21-14(2)20(16(4)24)15(3)22-21/h6-10,22H,1,11-13H2,2-5H3/p+1. The first-order valence-corrected chi connectivity index (χ1v) is 8.70. The van der Waals surface area contributed by atoms with E-state index in [1.807, 2.05) is 45.2 Å². The molecule has 2 rings (SSSR count). The van der Waals surface area contributed by atoms with Crippen LogP contribution in [-0.4, -0.2) is 36.7 Å². The van der Waals surface area contributed by atoms with Gasteiger partial charge in [-0.3, -0.25) is 9.59 Å². The van der Waals surface area contributed by atoms with Crippen LogP contribution < -0.4 is 9.64 Å². The number of carbonyl (C=O) groups is 2. The van der Waals surface area contributed by atoms with Gasteiger partial charge in [-0.25, -0.2) is 0 Å². The lowest BCUT2D eigenvalue weighted by Crippen LogP contribution is -3.08. The molecule has 138 valence electrons. The van der Waals surface area contributed by atoms with E-state index in [9.17, 15) is 9.59 Å². The third-order valence-electron chi connectivity index (χ3n) is 4.33. The summed E-state index contributed by atoms with van der Waals surface area (Å²) >= 11 is 0. The number of H-pyrrole nitrogens is 1. The van der Waals surface area contributed by atoms with Crippen molar-refractivity contribution in [1.82, 2.24) is 4.98 Å². The number of ether oxygens (including phenoxy) is 1. The van der Waals surface area contributed by atoms with Gasteiger partial charge in [0.05, 0.1) is 12.7 Å². The fourth-order valence-corrected chi connectivity index (χ4v) is 3.19. The predicted octanol–water partition coefficient (Wildman–Crippen LogP) is 2.30. The zero-order valence-corrected chi connectivity index (χ0v) is 15.9. The van der Waals surface area contributed by atoms with Gasteiger partial charge in [-0.1, -0.05) is 12.7 Å². The maximum Gasteiger partial charge on any atom is 0.233 e. The number of ketones is 2. The van der Waals surface area contributed by atoms with Crippen molar-refractivity contribution < 1.29 is 19.2 Å². The zero-order valence-electron chi connectivity index (χ0n) is 15.9. The van der Waals surface area contributed by atoms with Crippen molar-refractivity contribution in [2.45, 2.75) is 27.3 Å². The van der Waals surface area contributed by atoms with Crippen LogP contribution in [0, 0.1) is 13.8 Å². The van der Waals surface area contributed by atoms with Gasteiger partial charge in [-0.15, -0.1) is 0 Å². The molecule has 1 atom stereocenters. The molecule has 1 unspecified atom stereocenters. The summed E-state index contributed by atoms with van der Waals surface area (Å²) in [4.78, 5) is 28.5. The number of aromatic amines is 1. The highest BCUT2D eigenvalue weighted by Gasteiger charge is 2.22. The monoisotopic (exact) mass is 355 g/mol. The Morgan fingerprint density at radius 2 is 1.88 bits per heavy atom. The molecule has 1 aromatic carbocycles. The summed E-state index contributed by atoms with van der Waals surface area (Å²) in [5.74, 6) is 0.799. The quantitative estimate of drug-likeness (QED) is 0.536. The van der Waals surface area contributed by atoms with E-state index in [0.717, 1.165) is 34.0 Å². The molecule has 26 heavy (non-hydrogen) atoms. The van der Waals surface area contributed by atoms with E-state index < -0.39 is 0 Å². The summed E-state index contributed by atoms with van der Waals surface area (Å²) in [6, 6.07) is 7.85. The molecule has 0 aliphatic heterocycles. The van der Waals surface area contributed by atoms with Crippen LogP contribution in [0.15, 0.2) is 36.9 Å². The Bertz CT molecular complexity index is 803. The number of nitrogens with one attached hydrogen (secondary N) is 2. The van der Waals surface area contributed by atoms with Crippen LogP contribution in [0.25, 0.3) is 0 Å². The second-order valence-electron chi connectivity index (χ2n) is 6.66. The number of likely N-dealkylation sites (N-methyl/N-ethyl adjacent to an activating group) is 1. The molecule has 0 fully saturated rings. The van der Waals surface area contributed by atoms with E-state index in [1.165, 1.54) is 6.92 Å². The topological polar surface area (TPSA) is 63.6 Å². The Balaban J connectivity index is 2.00. The lowest BCUT2D eigenvalue weighted by atomic mass is 10.1. The number of rotatable bonds is 9. The number of hydrogen-bond donors (Lipinski definition) is 2. The minimum atomic E-state index is -0.0187. The summed E-state index contributed by atoms with van der Waals surface area (Å²) < 4.78 is 5.47. The molecule has 0 aliphatic rings. The first-order chi connectivity index (χ1) is 12.3. The highest BCUT2D eigenvalue weighted by Crippen LogP contribution is 2.18. The average Bonchev–Trinajstić information content (AvgIpc) is 2.88. The predicted molar refractivity (Wildman–Crippen MR) is 102 cm³/mol. The SMILES string of the molecule is C=CCOc1ccc(C[NH+](C)CC(=O)c2[nH]c(C)c(C(C)=O)c2C)cc1. The number of quaternary nitrogens is 1. The number of benzene rings is 1. The molecule has 0 saturated carbocycles. The lowest BCUT2D eigenvalue weighted by Gasteiger charge is -2.13. The fraction of sp³-hybridized carbons (Fsp3) is 0.333. The molecule has 1 aromatic heterocycles. The van der Waals surface area contributed by atoms with Crippen LogP contribution >= 0.6 is 0 Å². The van der Waals surface area contributed by atoms with Gasteiger partial charge in [0.2, 0.25) is 5.78 Å². The number of hydrogen-bond acceptors (Lipinski definition) is 3. The molecule has 5 heteroatoms. The molecule has 0 bridgehead atoms. The number of Topliss-reactive ketones (excluding diaryl/α,β-unsaturated/α-hetero) is 2. The molecule has 0 spiro atoms. The van der Waals surface area contributed by atoms with Gasteiger partial charge in [0.1, 0.15) is 25.4 Å². The lowest BCUT2D eigenvalue weighted by molar-refractivity contribution is -0.884. The largest absolute Gasteiger partial charge is 0.490 e. The molecule has 0 aliphatic carbocycles. The second kappa shape index (κ2) is 8.63. The van der Waals surface area contributed by atoms with E-state index >= 15 is 0 Å². The minimum Gasteiger partial charge on any atom is -0.490 e. The smallest absolute Gasteiger partial charge is 0.233 e. The molecule has 0 radical (unpaired) electrons. The third kappa shape index (κ3) is 4.70. The van der Waals surface area contributed by atoms with Crippen LogP contribution in [0.3, 0.4) is 0 Å². The summed E-state index contributed by atoms with van der Waals surface area (Å²) in [7, 11) is 1.98. The number of aryl methyl sites for hydroxylation is 1. The average molecular weight is 355 g/mol. The van der Waals surface area contributed by atoms with Crippen LogP contribution in [0.2, 0.25) is 0 Å². The second-order valence-corrected chi connectivity index (χ2v) is 6.66. The Kier molecular flexibility index (Phi) is 6.52. The fourth-order valence-electron chi connectivity index (χ4n) is 3.19. The van der Waals surface area contributed by atoms with Crippen molar-refractivity contribution in [2.24, 2.45) is 0 Å². The van der Waals surface area contributed by atoms with Gasteiger partial charge in [-0.2, -0.15) is 0 Å². The van der Waals surface area contributed by atoms with Gasteiger partial charge in [0, 0.05) is 16.8 Å². The summed E-state index contributed by atoms with van der Waals surface area (Å²) in [5, 5.41) is 0. The normalized spacial score (nSPS) is 11.8. The maximum atomic E-state index is 12.6. The molecular weight excluding hydrogens is 328 g/mol. The molecule has 5 nitrogen and oxygen atoms in total. The Morgan fingerprint density at radius 3 is 2.42 bits per heavy atom. The van der Waals surface area contributed by atoms with Crippen LogP contribution in [0.4, 0.5) is 0 Å². The highest BCUT2D eigenvalue weighted by molar-refractivity contribution is 6.03. The van der Waals surface area contributed by atoms with Crippen molar-refractivity contribution in [1.29, 1.82) is 0 Å².